The molecule has 0 unspecified atom stereocenters. The second-order valence-electron chi connectivity index (χ2n) is 7.27. The number of Topliss-reactive ketones (excluding diaryl/α,β-unsaturated/α-hetero) is 1. The molecule has 148 valence electrons. The van der Waals surface area contributed by atoms with E-state index < -0.39 is 0 Å². The summed E-state index contributed by atoms with van der Waals surface area (Å²) in [6, 6.07) is 13.3. The number of amides is 1. The standard InChI is InChI=1S/C23H28N2O3/c1-17-16-20(25-13-3-4-14-25)9-12-22(17)24-23(27)6-5-15-28-21-10-7-19(8-11-21)18(2)26/h7-12,16H,3-6,13-15H2,1-2H3,(H,24,27). The molecule has 1 N–H and O–H groups in total. The minimum absolute atomic E-state index is 0.00690. The lowest BCUT2D eigenvalue weighted by Gasteiger charge is -2.19. The van der Waals surface area contributed by atoms with E-state index in [1.807, 2.05) is 13.0 Å². The van der Waals surface area contributed by atoms with E-state index in [2.05, 4.69) is 22.3 Å². The summed E-state index contributed by atoms with van der Waals surface area (Å²) in [6.45, 7) is 6.25. The molecule has 2 aromatic carbocycles. The fourth-order valence-corrected chi connectivity index (χ4v) is 3.38. The van der Waals surface area contributed by atoms with Gasteiger partial charge in [0.05, 0.1) is 6.61 Å². The lowest BCUT2D eigenvalue weighted by molar-refractivity contribution is -0.116. The van der Waals surface area contributed by atoms with E-state index in [0.29, 0.717) is 30.8 Å². The van der Waals surface area contributed by atoms with Crippen LogP contribution >= 0.6 is 0 Å². The Labute approximate surface area is 166 Å². The summed E-state index contributed by atoms with van der Waals surface area (Å²) >= 11 is 0. The first kappa shape index (κ1) is 19.9. The Kier molecular flexibility index (Phi) is 6.69. The minimum atomic E-state index is -0.00690. The van der Waals surface area contributed by atoms with Crippen LogP contribution in [0.25, 0.3) is 0 Å². The zero-order valence-corrected chi connectivity index (χ0v) is 16.7. The molecule has 1 aliphatic heterocycles. The van der Waals surface area contributed by atoms with Gasteiger partial charge in [0.15, 0.2) is 5.78 Å². The number of carbonyl (C=O) groups excluding carboxylic acids is 2. The second kappa shape index (κ2) is 9.40. The third kappa shape index (κ3) is 5.35. The fourth-order valence-electron chi connectivity index (χ4n) is 3.38. The van der Waals surface area contributed by atoms with Crippen LogP contribution in [0.15, 0.2) is 42.5 Å². The molecule has 5 nitrogen and oxygen atoms in total. The van der Waals surface area contributed by atoms with Crippen LogP contribution in [0.3, 0.4) is 0 Å². The molecule has 0 spiro atoms. The van der Waals surface area contributed by atoms with Crippen molar-refractivity contribution in [3.05, 3.63) is 53.6 Å². The van der Waals surface area contributed by atoms with Crippen LogP contribution in [0.1, 0.15) is 48.5 Å². The molecule has 0 bridgehead atoms. The molecule has 5 heteroatoms. The number of hydrogen-bond acceptors (Lipinski definition) is 4. The van der Waals surface area contributed by atoms with Crippen LogP contribution < -0.4 is 15.0 Å². The molecule has 0 radical (unpaired) electrons. The maximum Gasteiger partial charge on any atom is 0.224 e. The molecule has 28 heavy (non-hydrogen) atoms. The Bertz CT molecular complexity index is 824. The Hall–Kier alpha value is -2.82. The van der Waals surface area contributed by atoms with Gasteiger partial charge in [-0.1, -0.05) is 0 Å². The van der Waals surface area contributed by atoms with Crippen molar-refractivity contribution in [1.82, 2.24) is 0 Å². The first-order valence-electron chi connectivity index (χ1n) is 9.92. The van der Waals surface area contributed by atoms with Gasteiger partial charge in [0.2, 0.25) is 5.91 Å². The van der Waals surface area contributed by atoms with Crippen molar-refractivity contribution in [1.29, 1.82) is 0 Å². The first-order chi connectivity index (χ1) is 13.5. The van der Waals surface area contributed by atoms with Gasteiger partial charge < -0.3 is 15.0 Å². The molecule has 3 rings (SSSR count). The zero-order valence-electron chi connectivity index (χ0n) is 16.7. The first-order valence-corrected chi connectivity index (χ1v) is 9.92. The molecule has 1 amide bonds. The number of nitrogens with zero attached hydrogens (tertiary/aromatic N) is 1. The van der Waals surface area contributed by atoms with E-state index in [4.69, 9.17) is 4.74 Å². The number of hydrogen-bond donors (Lipinski definition) is 1. The van der Waals surface area contributed by atoms with Gasteiger partial charge in [-0.2, -0.15) is 0 Å². The van der Waals surface area contributed by atoms with Gasteiger partial charge in [0.1, 0.15) is 5.75 Å². The average molecular weight is 380 g/mol. The van der Waals surface area contributed by atoms with Crippen molar-refractivity contribution in [3.63, 3.8) is 0 Å². The van der Waals surface area contributed by atoms with Gasteiger partial charge in [-0.15, -0.1) is 0 Å². The van der Waals surface area contributed by atoms with Crippen molar-refractivity contribution in [2.45, 2.75) is 39.5 Å². The largest absolute Gasteiger partial charge is 0.494 e. The smallest absolute Gasteiger partial charge is 0.224 e. The molecule has 2 aromatic rings. The Balaban J connectivity index is 1.42. The monoisotopic (exact) mass is 380 g/mol. The topological polar surface area (TPSA) is 58.6 Å². The maximum atomic E-state index is 12.2. The normalized spacial score (nSPS) is 13.4. The van der Waals surface area contributed by atoms with Crippen LogP contribution in [0.4, 0.5) is 11.4 Å². The van der Waals surface area contributed by atoms with Crippen LogP contribution in [0, 0.1) is 6.92 Å². The molecule has 0 saturated carbocycles. The van der Waals surface area contributed by atoms with E-state index in [1.54, 1.807) is 24.3 Å². The molecule has 1 aliphatic rings. The van der Waals surface area contributed by atoms with Crippen LogP contribution in [0.5, 0.6) is 5.75 Å². The molecule has 0 atom stereocenters. The molecule has 1 fully saturated rings. The third-order valence-corrected chi connectivity index (χ3v) is 5.03. The average Bonchev–Trinajstić information content (AvgIpc) is 3.22. The lowest BCUT2D eigenvalue weighted by atomic mass is 10.1. The van der Waals surface area contributed by atoms with Gasteiger partial charge in [-0.3, -0.25) is 9.59 Å². The summed E-state index contributed by atoms with van der Waals surface area (Å²) < 4.78 is 5.64. The van der Waals surface area contributed by atoms with Gasteiger partial charge in [-0.25, -0.2) is 0 Å². The highest BCUT2D eigenvalue weighted by Crippen LogP contribution is 2.25. The van der Waals surface area contributed by atoms with Gasteiger partial charge in [0, 0.05) is 36.4 Å². The quantitative estimate of drug-likeness (QED) is 0.537. The number of anilines is 2. The fraction of sp³-hybridized carbons (Fsp3) is 0.391. The van der Waals surface area contributed by atoms with E-state index in [1.165, 1.54) is 25.5 Å². The number of nitrogens with one attached hydrogen (secondary N) is 1. The van der Waals surface area contributed by atoms with Crippen molar-refractivity contribution >= 4 is 23.1 Å². The summed E-state index contributed by atoms with van der Waals surface area (Å²) in [5.74, 6) is 0.735. The SMILES string of the molecule is CC(=O)c1ccc(OCCCC(=O)Nc2ccc(N3CCCC3)cc2C)cc1. The number of rotatable bonds is 8. The highest BCUT2D eigenvalue weighted by Gasteiger charge is 2.13. The van der Waals surface area contributed by atoms with Gasteiger partial charge in [-0.05, 0) is 81.1 Å². The van der Waals surface area contributed by atoms with E-state index in [0.717, 1.165) is 24.3 Å². The number of benzene rings is 2. The third-order valence-electron chi connectivity index (χ3n) is 5.03. The summed E-state index contributed by atoms with van der Waals surface area (Å²) in [4.78, 5) is 25.9. The van der Waals surface area contributed by atoms with Crippen molar-refractivity contribution < 1.29 is 14.3 Å². The molecule has 0 aliphatic carbocycles. The number of ether oxygens (including phenoxy) is 1. The molecule has 1 saturated heterocycles. The summed E-state index contributed by atoms with van der Waals surface area (Å²) in [5, 5.41) is 3.00. The zero-order chi connectivity index (χ0) is 19.9. The number of aryl methyl sites for hydroxylation is 1. The van der Waals surface area contributed by atoms with Crippen molar-refractivity contribution in [2.24, 2.45) is 0 Å². The Morgan fingerprint density at radius 2 is 1.79 bits per heavy atom. The van der Waals surface area contributed by atoms with Crippen LogP contribution in [-0.4, -0.2) is 31.4 Å². The second-order valence-corrected chi connectivity index (χ2v) is 7.27. The summed E-state index contributed by atoms with van der Waals surface area (Å²) in [5.41, 5.74) is 3.85. The Morgan fingerprint density at radius 3 is 2.43 bits per heavy atom. The highest BCUT2D eigenvalue weighted by molar-refractivity contribution is 5.94. The minimum Gasteiger partial charge on any atom is -0.494 e. The van der Waals surface area contributed by atoms with E-state index >= 15 is 0 Å². The maximum absolute atomic E-state index is 12.2. The van der Waals surface area contributed by atoms with E-state index in [9.17, 15) is 9.59 Å². The Morgan fingerprint density at radius 1 is 1.07 bits per heavy atom. The van der Waals surface area contributed by atoms with Gasteiger partial charge in [0.25, 0.3) is 0 Å². The molecule has 0 aromatic heterocycles. The molecular weight excluding hydrogens is 352 g/mol. The molecule has 1 heterocycles. The summed E-state index contributed by atoms with van der Waals surface area (Å²) in [7, 11) is 0. The summed E-state index contributed by atoms with van der Waals surface area (Å²) in [6.07, 6.45) is 3.53. The predicted molar refractivity (Wildman–Crippen MR) is 112 cm³/mol. The van der Waals surface area contributed by atoms with Gasteiger partial charge >= 0.3 is 0 Å². The predicted octanol–water partition coefficient (Wildman–Crippen LogP) is 4.60. The van der Waals surface area contributed by atoms with E-state index in [-0.39, 0.29) is 11.7 Å². The highest BCUT2D eigenvalue weighted by atomic mass is 16.5. The number of ketones is 1. The van der Waals surface area contributed by atoms with Crippen LogP contribution in [0.2, 0.25) is 0 Å². The van der Waals surface area contributed by atoms with Crippen LogP contribution in [-0.2, 0) is 4.79 Å². The number of carbonyl (C=O) groups is 2. The molecular formula is C23H28N2O3. The van der Waals surface area contributed by atoms with Crippen molar-refractivity contribution in [2.75, 3.05) is 29.9 Å². The lowest BCUT2D eigenvalue weighted by Crippen LogP contribution is -2.18. The van der Waals surface area contributed by atoms with Crippen molar-refractivity contribution in [3.8, 4) is 5.75 Å².